The van der Waals surface area contributed by atoms with Gasteiger partial charge in [0.15, 0.2) is 21.2 Å². The fourth-order valence-electron chi connectivity index (χ4n) is 7.72. The van der Waals surface area contributed by atoms with E-state index < -0.39 is 0 Å². The molecule has 8 aromatic rings. The van der Waals surface area contributed by atoms with Crippen LogP contribution < -0.4 is 4.74 Å². The number of aromatic hydroxyl groups is 5. The molecule has 0 spiro atoms. The van der Waals surface area contributed by atoms with E-state index in [0.717, 1.165) is 50.9 Å². The summed E-state index contributed by atoms with van der Waals surface area (Å²) in [5.41, 5.74) is 5.64. The summed E-state index contributed by atoms with van der Waals surface area (Å²) < 4.78 is 14.4. The molecule has 0 bridgehead atoms. The molecule has 4 heterocycles. The van der Waals surface area contributed by atoms with Gasteiger partial charge < -0.3 is 39.4 Å². The van der Waals surface area contributed by atoms with Crippen LogP contribution in [0.3, 0.4) is 0 Å². The van der Waals surface area contributed by atoms with Crippen LogP contribution >= 0.6 is 24.4 Å². The van der Waals surface area contributed by atoms with Gasteiger partial charge in [-0.2, -0.15) is 10.2 Å². The van der Waals surface area contributed by atoms with Gasteiger partial charge in [-0.25, -0.2) is 0 Å². The maximum Gasteiger partial charge on any atom is 0.200 e. The lowest BCUT2D eigenvalue weighted by Crippen LogP contribution is -2.04. The zero-order valence-electron chi connectivity index (χ0n) is 37.1. The maximum absolute atomic E-state index is 10.6. The van der Waals surface area contributed by atoms with Gasteiger partial charge in [0.2, 0.25) is 0 Å². The summed E-state index contributed by atoms with van der Waals surface area (Å²) in [7, 11) is 0. The lowest BCUT2D eigenvalue weighted by molar-refractivity contribution is 0.342. The monoisotopic (exact) mass is 892 g/mol. The number of fused-ring (bicyclic) bond motifs is 2. The minimum absolute atomic E-state index is 0.0390. The highest BCUT2D eigenvalue weighted by Crippen LogP contribution is 2.41. The zero-order valence-corrected chi connectivity index (χ0v) is 38.7. The van der Waals surface area contributed by atoms with Crippen LogP contribution in [-0.4, -0.2) is 70.8 Å². The molecule has 14 nitrogen and oxygen atoms in total. The molecule has 0 saturated carbocycles. The largest absolute Gasteiger partial charge is 0.508 e. The highest BCUT2D eigenvalue weighted by atomic mass is 32.1. The Bertz CT molecular complexity index is 3020. The summed E-state index contributed by atoms with van der Waals surface area (Å²) in [5.74, 6) is 1.84. The Morgan fingerprint density at radius 2 is 1.08 bits per heavy atom. The Hall–Kier alpha value is -6.52. The van der Waals surface area contributed by atoms with Gasteiger partial charge in [0.05, 0.1) is 40.1 Å². The molecule has 332 valence electrons. The molecule has 0 amide bonds. The fraction of sp³-hybridized carbons (Fsp3) is 0.319. The van der Waals surface area contributed by atoms with Gasteiger partial charge in [-0.15, -0.1) is 0 Å². The first-order chi connectivity index (χ1) is 30.2. The van der Waals surface area contributed by atoms with Crippen molar-refractivity contribution < 1.29 is 30.3 Å². The summed E-state index contributed by atoms with van der Waals surface area (Å²) in [5, 5.41) is 68.0. The van der Waals surface area contributed by atoms with E-state index in [1.807, 2.05) is 80.4 Å². The number of hydrogen-bond acceptors (Lipinski definition) is 10. The number of rotatable bonds is 11. The lowest BCUT2D eigenvalue weighted by atomic mass is 10.1. The first-order valence-corrected chi connectivity index (χ1v) is 22.1. The smallest absolute Gasteiger partial charge is 0.200 e. The number of nitrogens with one attached hydrogen (secondary N) is 2. The molecule has 1 atom stereocenters. The van der Waals surface area contributed by atoms with Crippen LogP contribution in [0.5, 0.6) is 34.5 Å². The van der Waals surface area contributed by atoms with E-state index >= 15 is 0 Å². The van der Waals surface area contributed by atoms with Crippen molar-refractivity contribution >= 4 is 46.2 Å². The van der Waals surface area contributed by atoms with Crippen molar-refractivity contribution in [3.8, 4) is 68.6 Å². The van der Waals surface area contributed by atoms with Gasteiger partial charge >= 0.3 is 0 Å². The molecule has 63 heavy (non-hydrogen) atoms. The molecular formula is C47H56N8O6S2. The molecule has 1 unspecified atom stereocenters. The minimum atomic E-state index is -0.0906. The number of aryl methyl sites for hydroxylation is 2. The topological polar surface area (TPSA) is 187 Å². The summed E-state index contributed by atoms with van der Waals surface area (Å²) in [6, 6.07) is 17.9. The molecule has 0 fully saturated rings. The predicted octanol–water partition coefficient (Wildman–Crippen LogP) is 11.7. The first-order valence-electron chi connectivity index (χ1n) is 21.3. The number of phenolic OH excluding ortho intramolecular Hbond substituents is 5. The van der Waals surface area contributed by atoms with E-state index in [4.69, 9.17) is 29.2 Å². The lowest BCUT2D eigenvalue weighted by Gasteiger charge is -2.16. The molecule has 0 aliphatic rings. The second-order valence-corrected chi connectivity index (χ2v) is 15.8. The number of phenols is 5. The van der Waals surface area contributed by atoms with E-state index in [1.54, 1.807) is 28.8 Å². The summed E-state index contributed by atoms with van der Waals surface area (Å²) >= 11 is 11.1. The van der Waals surface area contributed by atoms with E-state index in [0.29, 0.717) is 57.3 Å². The van der Waals surface area contributed by atoms with Crippen LogP contribution in [0.1, 0.15) is 91.9 Å². The zero-order chi connectivity index (χ0) is 45.9. The van der Waals surface area contributed by atoms with Gasteiger partial charge in [-0.3, -0.25) is 19.3 Å². The van der Waals surface area contributed by atoms with E-state index in [9.17, 15) is 25.5 Å². The number of benzene rings is 4. The van der Waals surface area contributed by atoms with Crippen molar-refractivity contribution in [1.29, 1.82) is 0 Å². The average molecular weight is 893 g/mol. The maximum atomic E-state index is 10.6. The number of nitrogens with zero attached hydrogens (tertiary/aromatic N) is 6. The van der Waals surface area contributed by atoms with E-state index in [-0.39, 0.29) is 40.8 Å². The molecule has 0 saturated heterocycles. The highest BCUT2D eigenvalue weighted by Gasteiger charge is 2.23. The standard InChI is InChI=1S/C23H26N4O3S.C22H24N4O3S.C2H6/c1-5-14-11-16(19(29)12-18(14)28)22-24-25-23(31)27(22)17-7-8-20(30-6-2)21-15(17)9-10-26(21)13(3)4;1-4-12(3)25-9-8-14-16(6-7-17(27)20(14)25)26-21(23-24-22(26)30)15-10-13(5-2)18(28)11-19(15)29;1-2/h7-13,28-29H,5-6H2,1-4H3,(H,25,31);6-12,27-29H,4-5H2,1-3H3,(H,24,30);1-2H3. The van der Waals surface area contributed by atoms with Gasteiger partial charge in [-0.1, -0.05) is 34.6 Å². The quantitative estimate of drug-likeness (QED) is 0.0616. The number of ether oxygens (including phenoxy) is 1. The van der Waals surface area contributed by atoms with E-state index in [2.05, 4.69) is 52.7 Å². The second kappa shape index (κ2) is 19.3. The third kappa shape index (κ3) is 8.52. The van der Waals surface area contributed by atoms with Crippen LogP contribution in [0.25, 0.3) is 56.0 Å². The molecule has 7 N–H and O–H groups in total. The first kappa shape index (κ1) is 46.0. The van der Waals surface area contributed by atoms with Gasteiger partial charge in [0.1, 0.15) is 34.5 Å². The van der Waals surface area contributed by atoms with Crippen molar-refractivity contribution in [2.75, 3.05) is 6.61 Å². The Labute approximate surface area is 376 Å². The molecule has 0 aliphatic heterocycles. The summed E-state index contributed by atoms with van der Waals surface area (Å²) in [6.07, 6.45) is 6.14. The number of aromatic nitrogens is 8. The molecule has 4 aromatic heterocycles. The van der Waals surface area contributed by atoms with Crippen LogP contribution in [0.2, 0.25) is 0 Å². The number of aromatic amines is 2. The van der Waals surface area contributed by atoms with Crippen LogP contribution in [-0.2, 0) is 12.8 Å². The Kier molecular flexibility index (Phi) is 14.1. The van der Waals surface area contributed by atoms with Gasteiger partial charge in [0, 0.05) is 47.4 Å². The molecule has 16 heteroatoms. The molecule has 8 rings (SSSR count). The Morgan fingerprint density at radius 3 is 1.54 bits per heavy atom. The van der Waals surface area contributed by atoms with Gasteiger partial charge in [-0.05, 0) is 131 Å². The summed E-state index contributed by atoms with van der Waals surface area (Å²) in [4.78, 5) is 0. The van der Waals surface area contributed by atoms with Crippen molar-refractivity contribution in [3.63, 3.8) is 0 Å². The third-order valence-corrected chi connectivity index (χ3v) is 11.6. The fourth-order valence-corrected chi connectivity index (χ4v) is 8.18. The number of hydrogen-bond donors (Lipinski definition) is 7. The Balaban J connectivity index is 0.000000202. The van der Waals surface area contributed by atoms with E-state index in [1.165, 1.54) is 12.1 Å². The normalized spacial score (nSPS) is 11.7. The van der Waals surface area contributed by atoms with Crippen LogP contribution in [0.4, 0.5) is 0 Å². The third-order valence-electron chi connectivity index (χ3n) is 11.0. The van der Waals surface area contributed by atoms with Gasteiger partial charge in [0.25, 0.3) is 0 Å². The summed E-state index contributed by atoms with van der Waals surface area (Å²) in [6.45, 7) is 18.8. The predicted molar refractivity (Wildman–Crippen MR) is 254 cm³/mol. The number of H-pyrrole nitrogens is 2. The van der Waals surface area contributed by atoms with Crippen LogP contribution in [0.15, 0.2) is 73.1 Å². The molecule has 0 radical (unpaired) electrons. The molecular weight excluding hydrogens is 837 g/mol. The SMILES string of the molecule is CC.CCOc1ccc(-n2c(-c3cc(CC)c(O)cc3O)n[nH]c2=S)c2ccn(C(C)C)c12.CCc1cc(-c2n[nH]c(=S)n2-c2ccc(O)c3c2ccn3C(C)CC)c(O)cc1O. The van der Waals surface area contributed by atoms with Crippen molar-refractivity contribution in [3.05, 3.63) is 93.7 Å². The van der Waals surface area contributed by atoms with Crippen molar-refractivity contribution in [1.82, 2.24) is 38.7 Å². The Morgan fingerprint density at radius 1 is 0.603 bits per heavy atom. The molecule has 0 aliphatic carbocycles. The van der Waals surface area contributed by atoms with Crippen molar-refractivity contribution in [2.24, 2.45) is 0 Å². The van der Waals surface area contributed by atoms with Crippen molar-refractivity contribution in [2.45, 2.75) is 93.7 Å². The van der Waals surface area contributed by atoms with Crippen LogP contribution in [0, 0.1) is 9.54 Å². The second-order valence-electron chi connectivity index (χ2n) is 15.0. The highest BCUT2D eigenvalue weighted by molar-refractivity contribution is 7.71. The average Bonchev–Trinajstić information content (AvgIpc) is 4.08. The minimum Gasteiger partial charge on any atom is -0.508 e. The molecule has 4 aromatic carbocycles.